The van der Waals surface area contributed by atoms with Crippen LogP contribution in [-0.2, 0) is 0 Å². The first-order chi connectivity index (χ1) is 21.7. The van der Waals surface area contributed by atoms with Gasteiger partial charge in [-0.3, -0.25) is 0 Å². The Bertz CT molecular complexity index is 1940. The summed E-state index contributed by atoms with van der Waals surface area (Å²) in [5, 5.41) is 0. The normalized spacial score (nSPS) is 13.2. The van der Waals surface area contributed by atoms with E-state index in [1.807, 2.05) is 0 Å². The summed E-state index contributed by atoms with van der Waals surface area (Å²) in [6, 6.07) is 19.4. The van der Waals surface area contributed by atoms with Crippen LogP contribution in [0.4, 0.5) is 17.1 Å². The number of benzene rings is 5. The van der Waals surface area contributed by atoms with Gasteiger partial charge in [-0.2, -0.15) is 0 Å². The average molecular weight is 599 g/mol. The highest BCUT2D eigenvalue weighted by atomic mass is 15.2. The van der Waals surface area contributed by atoms with Gasteiger partial charge in [0, 0.05) is 17.1 Å². The van der Waals surface area contributed by atoms with E-state index >= 15 is 0 Å². The van der Waals surface area contributed by atoms with Gasteiger partial charge >= 0.3 is 0 Å². The van der Waals surface area contributed by atoms with Gasteiger partial charge in [-0.15, -0.1) is 0 Å². The summed E-state index contributed by atoms with van der Waals surface area (Å²) in [7, 11) is 0. The second kappa shape index (κ2) is 10.5. The first-order valence-electron chi connectivity index (χ1n) is 17.0. The van der Waals surface area contributed by atoms with Gasteiger partial charge in [0.1, 0.15) is 0 Å². The Balaban J connectivity index is 1.67. The highest BCUT2D eigenvalue weighted by molar-refractivity contribution is 7.02. The van der Waals surface area contributed by atoms with E-state index in [-0.39, 0.29) is 13.4 Å². The van der Waals surface area contributed by atoms with Crippen LogP contribution in [0.2, 0.25) is 0 Å². The summed E-state index contributed by atoms with van der Waals surface area (Å²) in [5.74, 6) is 0. The quantitative estimate of drug-likeness (QED) is 0.197. The SMILES string of the molecule is Cc1cc2c3c(c1)B(c1c(C)c(C)c(C)c(C)c1C)c1ccc(C)cc1N3c1cc(C)ccc1B2c1c(C)c(C)c(C)c(C)c1C. The van der Waals surface area contributed by atoms with Gasteiger partial charge in [-0.25, -0.2) is 0 Å². The highest BCUT2D eigenvalue weighted by Gasteiger charge is 2.45. The number of rotatable bonds is 2. The summed E-state index contributed by atoms with van der Waals surface area (Å²) in [6.45, 7) is 30.4. The van der Waals surface area contributed by atoms with Crippen LogP contribution in [0.3, 0.4) is 0 Å². The van der Waals surface area contributed by atoms with Gasteiger partial charge in [0.25, 0.3) is 0 Å². The van der Waals surface area contributed by atoms with Crippen LogP contribution < -0.4 is 37.7 Å². The van der Waals surface area contributed by atoms with Gasteiger partial charge in [-0.1, -0.05) is 75.1 Å². The minimum absolute atomic E-state index is 0.161. The molecule has 0 saturated heterocycles. The lowest BCUT2D eigenvalue weighted by Gasteiger charge is -2.45. The Labute approximate surface area is 278 Å². The van der Waals surface area contributed by atoms with Gasteiger partial charge < -0.3 is 4.90 Å². The zero-order valence-electron chi connectivity index (χ0n) is 30.2. The average Bonchev–Trinajstić information content (AvgIpc) is 3.02. The molecule has 0 spiro atoms. The largest absolute Gasteiger partial charge is 0.313 e. The zero-order chi connectivity index (χ0) is 33.1. The lowest BCUT2D eigenvalue weighted by atomic mass is 9.29. The molecule has 2 aliphatic rings. The van der Waals surface area contributed by atoms with Crippen molar-refractivity contribution in [3.05, 3.63) is 121 Å². The van der Waals surface area contributed by atoms with Crippen molar-refractivity contribution in [1.82, 2.24) is 0 Å². The summed E-state index contributed by atoms with van der Waals surface area (Å²) >= 11 is 0. The van der Waals surface area contributed by atoms with Crippen molar-refractivity contribution in [3.8, 4) is 0 Å². The second-order valence-electron chi connectivity index (χ2n) is 14.7. The molecule has 0 atom stereocenters. The van der Waals surface area contributed by atoms with E-state index in [9.17, 15) is 0 Å². The number of nitrogens with zero attached hydrogens (tertiary/aromatic N) is 1. The van der Waals surface area contributed by atoms with Gasteiger partial charge in [0.15, 0.2) is 0 Å². The van der Waals surface area contributed by atoms with Crippen LogP contribution in [-0.4, -0.2) is 13.4 Å². The Kier molecular flexibility index (Phi) is 7.02. The van der Waals surface area contributed by atoms with Gasteiger partial charge in [0.05, 0.1) is 0 Å². The van der Waals surface area contributed by atoms with Crippen molar-refractivity contribution in [3.63, 3.8) is 0 Å². The van der Waals surface area contributed by atoms with E-state index in [2.05, 4.69) is 143 Å². The van der Waals surface area contributed by atoms with E-state index < -0.39 is 0 Å². The van der Waals surface area contributed by atoms with Crippen molar-refractivity contribution < 1.29 is 0 Å². The van der Waals surface area contributed by atoms with Crippen molar-refractivity contribution in [2.24, 2.45) is 0 Å². The van der Waals surface area contributed by atoms with Crippen molar-refractivity contribution in [2.75, 3.05) is 4.90 Å². The predicted octanol–water partition coefficient (Wildman–Crippen LogP) is 6.83. The lowest BCUT2D eigenvalue weighted by Crippen LogP contribution is -2.66. The minimum atomic E-state index is 0.161. The molecule has 46 heavy (non-hydrogen) atoms. The fourth-order valence-corrected chi connectivity index (χ4v) is 8.97. The molecule has 0 unspecified atom stereocenters. The molecular formula is C43H47B2N. The smallest absolute Gasteiger partial charge is 0.247 e. The summed E-state index contributed by atoms with van der Waals surface area (Å²) in [4.78, 5) is 2.64. The molecule has 0 radical (unpaired) electrons. The van der Waals surface area contributed by atoms with E-state index in [0.717, 1.165) is 0 Å². The third-order valence-corrected chi connectivity index (χ3v) is 12.3. The molecule has 0 saturated carbocycles. The van der Waals surface area contributed by atoms with Crippen LogP contribution in [0.1, 0.15) is 72.3 Å². The van der Waals surface area contributed by atoms with Crippen LogP contribution in [0.15, 0.2) is 48.5 Å². The molecule has 5 aromatic carbocycles. The van der Waals surface area contributed by atoms with Crippen molar-refractivity contribution >= 4 is 63.3 Å². The monoisotopic (exact) mass is 599 g/mol. The summed E-state index contributed by atoms with van der Waals surface area (Å²) < 4.78 is 0. The van der Waals surface area contributed by atoms with Gasteiger partial charge in [-0.05, 0) is 169 Å². The Morgan fingerprint density at radius 3 is 1.02 bits per heavy atom. The number of anilines is 3. The molecule has 0 aliphatic carbocycles. The maximum absolute atomic E-state index is 2.64. The molecule has 3 heteroatoms. The molecule has 0 aromatic heterocycles. The van der Waals surface area contributed by atoms with Crippen molar-refractivity contribution in [1.29, 1.82) is 0 Å². The maximum atomic E-state index is 2.64. The second-order valence-corrected chi connectivity index (χ2v) is 14.7. The lowest BCUT2D eigenvalue weighted by molar-refractivity contribution is 1.19. The molecule has 0 bridgehead atoms. The molecule has 0 amide bonds. The fourth-order valence-electron chi connectivity index (χ4n) is 8.97. The molecule has 1 nitrogen and oxygen atoms in total. The van der Waals surface area contributed by atoms with Crippen LogP contribution in [0.25, 0.3) is 0 Å². The Hall–Kier alpha value is -3.97. The molecule has 0 fully saturated rings. The van der Waals surface area contributed by atoms with E-state index in [1.54, 1.807) is 0 Å². The first kappa shape index (κ1) is 30.7. The van der Waals surface area contributed by atoms with E-state index in [1.165, 1.54) is 122 Å². The molecule has 2 aliphatic heterocycles. The van der Waals surface area contributed by atoms with E-state index in [4.69, 9.17) is 0 Å². The third-order valence-electron chi connectivity index (χ3n) is 12.3. The minimum Gasteiger partial charge on any atom is -0.313 e. The van der Waals surface area contributed by atoms with Crippen LogP contribution in [0, 0.1) is 90.0 Å². The summed E-state index contributed by atoms with van der Waals surface area (Å²) in [5.41, 5.74) is 30.9. The predicted molar refractivity (Wildman–Crippen MR) is 205 cm³/mol. The molecule has 5 aromatic rings. The van der Waals surface area contributed by atoms with Crippen LogP contribution in [0.5, 0.6) is 0 Å². The zero-order valence-corrected chi connectivity index (χ0v) is 30.2. The Morgan fingerprint density at radius 1 is 0.348 bits per heavy atom. The molecule has 7 rings (SSSR count). The third kappa shape index (κ3) is 4.09. The topological polar surface area (TPSA) is 3.24 Å². The molecule has 0 N–H and O–H groups in total. The number of fused-ring (bicyclic) bond motifs is 4. The van der Waals surface area contributed by atoms with Crippen LogP contribution >= 0.6 is 0 Å². The summed E-state index contributed by atoms with van der Waals surface area (Å²) in [6.07, 6.45) is 0. The molecule has 230 valence electrons. The first-order valence-corrected chi connectivity index (χ1v) is 17.0. The number of aryl methyl sites for hydroxylation is 3. The highest BCUT2D eigenvalue weighted by Crippen LogP contribution is 2.39. The maximum Gasteiger partial charge on any atom is 0.247 e. The van der Waals surface area contributed by atoms with Crippen molar-refractivity contribution in [2.45, 2.75) is 90.0 Å². The number of hydrogen-bond acceptors (Lipinski definition) is 1. The molecule has 2 heterocycles. The molecular weight excluding hydrogens is 552 g/mol. The van der Waals surface area contributed by atoms with E-state index in [0.29, 0.717) is 0 Å². The Morgan fingerprint density at radius 2 is 0.674 bits per heavy atom. The number of hydrogen-bond donors (Lipinski definition) is 0. The standard InChI is InChI=1S/C43H47B2N/c1-22-14-16-35-39(20-22)46-40-21-23(2)15-17-36(40)45(42-33(12)29(8)26(5)30(9)34(42)13)38-19-24(3)18-37(43(38)46)44(35)41-31(10)27(6)25(4)28(7)32(41)11/h14-21H,1-13H3. The van der Waals surface area contributed by atoms with Gasteiger partial charge in [0.2, 0.25) is 13.4 Å². The fraction of sp³-hybridized carbons (Fsp3) is 0.302.